The third-order valence-corrected chi connectivity index (χ3v) is 4.22. The van der Waals surface area contributed by atoms with Gasteiger partial charge in [-0.25, -0.2) is 4.68 Å². The number of nitrogens with one attached hydrogen (secondary N) is 2. The molecule has 0 unspecified atom stereocenters. The summed E-state index contributed by atoms with van der Waals surface area (Å²) in [5, 5.41) is 8.92. The number of fused-ring (bicyclic) bond motifs is 1. The summed E-state index contributed by atoms with van der Waals surface area (Å²) in [6.07, 6.45) is 1.05. The molecular weight excluding hydrogens is 314 g/mol. The molecule has 0 aliphatic rings. The van der Waals surface area contributed by atoms with E-state index in [9.17, 15) is 4.79 Å². The Morgan fingerprint density at radius 3 is 2.72 bits per heavy atom. The highest BCUT2D eigenvalue weighted by Gasteiger charge is 2.12. The van der Waals surface area contributed by atoms with Crippen molar-refractivity contribution in [1.29, 1.82) is 0 Å². The number of hydrogen-bond acceptors (Lipinski definition) is 4. The fourth-order valence-corrected chi connectivity index (χ4v) is 2.89. The number of benzene rings is 1. The Hall–Kier alpha value is -2.44. The molecule has 6 nitrogen and oxygen atoms in total. The van der Waals surface area contributed by atoms with Gasteiger partial charge in [-0.05, 0) is 58.7 Å². The molecule has 25 heavy (non-hydrogen) atoms. The van der Waals surface area contributed by atoms with Crippen LogP contribution in [0.1, 0.15) is 17.7 Å². The zero-order chi connectivity index (χ0) is 17.8. The van der Waals surface area contributed by atoms with Crippen LogP contribution in [0.3, 0.4) is 0 Å². The number of nitrogens with zero attached hydrogens (tertiary/aromatic N) is 3. The standard InChI is InChI=1S/C19H25N5O/c1-14-17-12-15(13-20-10-7-11-23(2)3)19(25)21-18(17)24(22-14)16-8-5-4-6-9-16/h4-6,8-9,12,20H,7,10-11,13H2,1-3H3,(H,21,25). The number of aromatic amines is 1. The second-order valence-corrected chi connectivity index (χ2v) is 6.55. The van der Waals surface area contributed by atoms with Crippen molar-refractivity contribution in [3.63, 3.8) is 0 Å². The predicted octanol–water partition coefficient (Wildman–Crippen LogP) is 2.06. The van der Waals surface area contributed by atoms with E-state index in [1.165, 1.54) is 0 Å². The summed E-state index contributed by atoms with van der Waals surface area (Å²) in [7, 11) is 4.12. The van der Waals surface area contributed by atoms with Crippen LogP contribution < -0.4 is 10.9 Å². The van der Waals surface area contributed by atoms with Crippen LogP contribution in [0, 0.1) is 6.92 Å². The van der Waals surface area contributed by atoms with Gasteiger partial charge in [0, 0.05) is 17.5 Å². The maximum absolute atomic E-state index is 12.5. The van der Waals surface area contributed by atoms with Crippen LogP contribution in [0.15, 0.2) is 41.2 Å². The van der Waals surface area contributed by atoms with Crippen molar-refractivity contribution in [2.75, 3.05) is 27.2 Å². The Bertz CT molecular complexity index is 895. The minimum Gasteiger partial charge on any atom is -0.312 e. The first kappa shape index (κ1) is 17.4. The van der Waals surface area contributed by atoms with E-state index < -0.39 is 0 Å². The highest BCUT2D eigenvalue weighted by atomic mass is 16.1. The van der Waals surface area contributed by atoms with Gasteiger partial charge in [-0.15, -0.1) is 0 Å². The summed E-state index contributed by atoms with van der Waals surface area (Å²) in [6.45, 7) is 4.45. The molecule has 3 rings (SSSR count). The van der Waals surface area contributed by atoms with Crippen molar-refractivity contribution in [3.8, 4) is 5.69 Å². The highest BCUT2D eigenvalue weighted by Crippen LogP contribution is 2.19. The normalized spacial score (nSPS) is 11.5. The van der Waals surface area contributed by atoms with E-state index in [4.69, 9.17) is 0 Å². The minimum absolute atomic E-state index is 0.0651. The van der Waals surface area contributed by atoms with Crippen LogP contribution in [-0.4, -0.2) is 46.8 Å². The lowest BCUT2D eigenvalue weighted by molar-refractivity contribution is 0.394. The third-order valence-electron chi connectivity index (χ3n) is 4.22. The highest BCUT2D eigenvalue weighted by molar-refractivity contribution is 5.80. The van der Waals surface area contributed by atoms with E-state index in [1.54, 1.807) is 4.68 Å². The molecule has 3 aromatic rings. The molecule has 2 N–H and O–H groups in total. The number of para-hydroxylation sites is 1. The van der Waals surface area contributed by atoms with Gasteiger partial charge in [-0.1, -0.05) is 18.2 Å². The van der Waals surface area contributed by atoms with Crippen LogP contribution in [0.2, 0.25) is 0 Å². The van der Waals surface area contributed by atoms with Crippen molar-refractivity contribution >= 4 is 11.0 Å². The Labute approximate surface area is 147 Å². The van der Waals surface area contributed by atoms with Gasteiger partial charge in [-0.3, -0.25) is 4.79 Å². The fourth-order valence-electron chi connectivity index (χ4n) is 2.89. The van der Waals surface area contributed by atoms with Gasteiger partial charge in [0.15, 0.2) is 0 Å². The zero-order valence-corrected chi connectivity index (χ0v) is 15.0. The number of aromatic nitrogens is 3. The number of aryl methyl sites for hydroxylation is 1. The van der Waals surface area contributed by atoms with E-state index in [2.05, 4.69) is 34.4 Å². The summed E-state index contributed by atoms with van der Waals surface area (Å²) < 4.78 is 1.79. The first-order chi connectivity index (χ1) is 12.1. The molecule has 0 spiro atoms. The van der Waals surface area contributed by atoms with Crippen LogP contribution in [0.25, 0.3) is 16.7 Å². The number of rotatable bonds is 7. The van der Waals surface area contributed by atoms with E-state index >= 15 is 0 Å². The average Bonchev–Trinajstić information content (AvgIpc) is 2.91. The Balaban J connectivity index is 1.83. The molecule has 0 aliphatic heterocycles. The van der Waals surface area contributed by atoms with E-state index in [0.29, 0.717) is 6.54 Å². The average molecular weight is 339 g/mol. The molecule has 2 heterocycles. The summed E-state index contributed by atoms with van der Waals surface area (Å²) in [6, 6.07) is 11.8. The molecule has 132 valence electrons. The zero-order valence-electron chi connectivity index (χ0n) is 15.0. The SMILES string of the molecule is Cc1nn(-c2ccccc2)c2[nH]c(=O)c(CNCCCN(C)C)cc12. The second-order valence-electron chi connectivity index (χ2n) is 6.55. The Morgan fingerprint density at radius 2 is 2.00 bits per heavy atom. The quantitative estimate of drug-likeness (QED) is 0.647. The van der Waals surface area contributed by atoms with Crippen LogP contribution in [0.5, 0.6) is 0 Å². The maximum atomic E-state index is 12.5. The molecule has 0 fully saturated rings. The molecule has 2 aromatic heterocycles. The van der Waals surface area contributed by atoms with Crippen molar-refractivity contribution in [3.05, 3.63) is 58.0 Å². The van der Waals surface area contributed by atoms with Gasteiger partial charge in [0.25, 0.3) is 5.56 Å². The maximum Gasteiger partial charge on any atom is 0.254 e. The predicted molar refractivity (Wildman–Crippen MR) is 101 cm³/mol. The first-order valence-electron chi connectivity index (χ1n) is 8.58. The molecular formula is C19H25N5O. The van der Waals surface area contributed by atoms with Gasteiger partial charge >= 0.3 is 0 Å². The molecule has 0 saturated heterocycles. The lowest BCUT2D eigenvalue weighted by Gasteiger charge is -2.09. The van der Waals surface area contributed by atoms with E-state index in [1.807, 2.05) is 43.3 Å². The van der Waals surface area contributed by atoms with Gasteiger partial charge in [0.05, 0.1) is 11.4 Å². The van der Waals surface area contributed by atoms with Gasteiger partial charge < -0.3 is 15.2 Å². The first-order valence-corrected chi connectivity index (χ1v) is 8.58. The molecule has 0 radical (unpaired) electrons. The van der Waals surface area contributed by atoms with Crippen LogP contribution in [0.4, 0.5) is 0 Å². The topological polar surface area (TPSA) is 66.0 Å². The van der Waals surface area contributed by atoms with Crippen LogP contribution >= 0.6 is 0 Å². The molecule has 6 heteroatoms. The summed E-state index contributed by atoms with van der Waals surface area (Å²) in [5.41, 5.74) is 3.26. The minimum atomic E-state index is -0.0651. The Morgan fingerprint density at radius 1 is 1.24 bits per heavy atom. The van der Waals surface area contributed by atoms with Gasteiger partial charge in [0.2, 0.25) is 0 Å². The summed E-state index contributed by atoms with van der Waals surface area (Å²) >= 11 is 0. The van der Waals surface area contributed by atoms with Crippen molar-refractivity contribution < 1.29 is 0 Å². The lowest BCUT2D eigenvalue weighted by Crippen LogP contribution is -2.24. The summed E-state index contributed by atoms with van der Waals surface area (Å²) in [5.74, 6) is 0. The molecule has 1 aromatic carbocycles. The van der Waals surface area contributed by atoms with Gasteiger partial charge in [-0.2, -0.15) is 5.10 Å². The number of H-pyrrole nitrogens is 1. The second kappa shape index (κ2) is 7.63. The van der Waals surface area contributed by atoms with Crippen LogP contribution in [-0.2, 0) is 6.54 Å². The van der Waals surface area contributed by atoms with Crippen molar-refractivity contribution in [1.82, 2.24) is 25.0 Å². The Kier molecular flexibility index (Phi) is 5.31. The molecule has 0 saturated carbocycles. The fraction of sp³-hybridized carbons (Fsp3) is 0.368. The van der Waals surface area contributed by atoms with E-state index in [0.717, 1.165) is 47.5 Å². The molecule has 0 bridgehead atoms. The van der Waals surface area contributed by atoms with Crippen molar-refractivity contribution in [2.45, 2.75) is 19.9 Å². The third kappa shape index (κ3) is 3.97. The van der Waals surface area contributed by atoms with Crippen molar-refractivity contribution in [2.24, 2.45) is 0 Å². The summed E-state index contributed by atoms with van der Waals surface area (Å²) in [4.78, 5) is 17.6. The monoisotopic (exact) mass is 339 g/mol. The van der Waals surface area contributed by atoms with E-state index in [-0.39, 0.29) is 5.56 Å². The van der Waals surface area contributed by atoms with Gasteiger partial charge in [0.1, 0.15) is 5.65 Å². The molecule has 0 amide bonds. The lowest BCUT2D eigenvalue weighted by atomic mass is 10.2. The number of hydrogen-bond donors (Lipinski definition) is 2. The largest absolute Gasteiger partial charge is 0.312 e. The number of pyridine rings is 1. The smallest absolute Gasteiger partial charge is 0.254 e. The molecule has 0 aliphatic carbocycles. The molecule has 0 atom stereocenters.